The van der Waals surface area contributed by atoms with Gasteiger partial charge in [0.2, 0.25) is 11.8 Å². The maximum atomic E-state index is 13.6. The summed E-state index contributed by atoms with van der Waals surface area (Å²) in [5.74, 6) is -0.309. The van der Waals surface area contributed by atoms with Crippen molar-refractivity contribution in [2.75, 3.05) is 18.4 Å². The first-order chi connectivity index (χ1) is 17.0. The molecule has 2 fully saturated rings. The summed E-state index contributed by atoms with van der Waals surface area (Å²) in [6.07, 6.45) is 4.40. The Morgan fingerprint density at radius 1 is 1.00 bits per heavy atom. The molecular formula is C27H31N5O3. The van der Waals surface area contributed by atoms with Crippen molar-refractivity contribution in [3.63, 3.8) is 0 Å². The Morgan fingerprint density at radius 2 is 1.74 bits per heavy atom. The molecule has 5 rings (SSSR count). The van der Waals surface area contributed by atoms with Crippen LogP contribution < -0.4 is 16.2 Å². The monoisotopic (exact) mass is 473 g/mol. The topological polar surface area (TPSA) is 96.3 Å². The lowest BCUT2D eigenvalue weighted by Gasteiger charge is -2.26. The van der Waals surface area contributed by atoms with Gasteiger partial charge in [-0.05, 0) is 62.5 Å². The van der Waals surface area contributed by atoms with E-state index in [2.05, 4.69) is 44.8 Å². The van der Waals surface area contributed by atoms with Crippen molar-refractivity contribution < 1.29 is 9.59 Å². The molecule has 1 atom stereocenters. The van der Waals surface area contributed by atoms with Gasteiger partial charge in [0.1, 0.15) is 11.9 Å². The summed E-state index contributed by atoms with van der Waals surface area (Å²) >= 11 is 0. The molecule has 0 saturated carbocycles. The van der Waals surface area contributed by atoms with Crippen molar-refractivity contribution in [2.24, 2.45) is 0 Å². The van der Waals surface area contributed by atoms with E-state index in [0.717, 1.165) is 12.1 Å². The molecule has 3 aromatic rings. The Morgan fingerprint density at radius 3 is 2.49 bits per heavy atom. The normalized spacial score (nSPS) is 19.1. The molecule has 0 bridgehead atoms. The molecule has 2 aliphatic heterocycles. The van der Waals surface area contributed by atoms with E-state index in [1.165, 1.54) is 42.5 Å². The van der Waals surface area contributed by atoms with E-state index in [4.69, 9.17) is 0 Å². The van der Waals surface area contributed by atoms with Crippen molar-refractivity contribution in [1.29, 1.82) is 0 Å². The number of hydrogen-bond acceptors (Lipinski definition) is 6. The van der Waals surface area contributed by atoms with Gasteiger partial charge < -0.3 is 5.32 Å². The van der Waals surface area contributed by atoms with Crippen LogP contribution in [0.5, 0.6) is 0 Å². The van der Waals surface area contributed by atoms with E-state index < -0.39 is 11.9 Å². The van der Waals surface area contributed by atoms with E-state index in [1.807, 2.05) is 12.1 Å². The molecule has 1 aromatic heterocycles. The average Bonchev–Trinajstić information content (AvgIpc) is 2.85. The summed E-state index contributed by atoms with van der Waals surface area (Å²) < 4.78 is 1.42. The summed E-state index contributed by atoms with van der Waals surface area (Å²) in [6.45, 7) is 5.62. The van der Waals surface area contributed by atoms with Crippen LogP contribution in [-0.4, -0.2) is 39.4 Å². The molecule has 0 radical (unpaired) electrons. The Kier molecular flexibility index (Phi) is 6.63. The van der Waals surface area contributed by atoms with Gasteiger partial charge in [-0.2, -0.15) is 0 Å². The highest BCUT2D eigenvalue weighted by molar-refractivity contribution is 5.99. The number of benzene rings is 2. The molecular weight excluding hydrogens is 442 g/mol. The average molecular weight is 474 g/mol. The van der Waals surface area contributed by atoms with Crippen molar-refractivity contribution in [2.45, 2.75) is 58.2 Å². The molecule has 8 heteroatoms. The first-order valence-corrected chi connectivity index (χ1v) is 12.4. The molecule has 8 nitrogen and oxygen atoms in total. The highest BCUT2D eigenvalue weighted by atomic mass is 16.2. The number of aryl methyl sites for hydroxylation is 1. The lowest BCUT2D eigenvalue weighted by atomic mass is 10.0. The van der Waals surface area contributed by atoms with Crippen molar-refractivity contribution in [3.8, 4) is 0 Å². The summed E-state index contributed by atoms with van der Waals surface area (Å²) in [4.78, 5) is 44.7. The van der Waals surface area contributed by atoms with Crippen LogP contribution in [0.15, 0.2) is 47.3 Å². The van der Waals surface area contributed by atoms with E-state index in [0.29, 0.717) is 29.0 Å². The summed E-state index contributed by atoms with van der Waals surface area (Å²) in [5.41, 5.74) is 3.42. The Hall–Kier alpha value is -3.52. The predicted octanol–water partition coefficient (Wildman–Crippen LogP) is 3.28. The lowest BCUT2D eigenvalue weighted by Crippen LogP contribution is -2.45. The standard InChI is InChI=1S/C27H31N5O3/c1-18-29-22-7-5-6-21(25(22)27(35)32(18)23-12-13-24(33)30-26(23)34)28-16-19-8-10-20(11-9-19)17-31-14-3-2-4-15-31/h5-11,23,28H,2-4,12-17H2,1H3,(H,30,33,34). The summed E-state index contributed by atoms with van der Waals surface area (Å²) in [7, 11) is 0. The number of amides is 2. The second-order valence-electron chi connectivity index (χ2n) is 9.51. The molecule has 2 saturated heterocycles. The minimum absolute atomic E-state index is 0.202. The first-order valence-electron chi connectivity index (χ1n) is 12.4. The largest absolute Gasteiger partial charge is 0.380 e. The fraction of sp³-hybridized carbons (Fsp3) is 0.407. The molecule has 2 amide bonds. The minimum Gasteiger partial charge on any atom is -0.380 e. The summed E-state index contributed by atoms with van der Waals surface area (Å²) in [5, 5.41) is 6.18. The number of anilines is 1. The Labute approximate surface area is 204 Å². The van der Waals surface area contributed by atoms with Crippen molar-refractivity contribution in [3.05, 3.63) is 69.8 Å². The second kappa shape index (κ2) is 10.00. The molecule has 1 unspecified atom stereocenters. The summed E-state index contributed by atoms with van der Waals surface area (Å²) in [6, 6.07) is 13.4. The van der Waals surface area contributed by atoms with Crippen LogP contribution in [-0.2, 0) is 22.7 Å². The van der Waals surface area contributed by atoms with Crippen LogP contribution in [0.1, 0.15) is 55.1 Å². The van der Waals surface area contributed by atoms with Gasteiger partial charge in [0.15, 0.2) is 0 Å². The van der Waals surface area contributed by atoms with Crippen LogP contribution in [0.4, 0.5) is 5.69 Å². The SMILES string of the molecule is Cc1nc2cccc(NCc3ccc(CN4CCCCC4)cc3)c2c(=O)n1C1CCC(=O)NC1=O. The predicted molar refractivity (Wildman–Crippen MR) is 135 cm³/mol. The van der Waals surface area contributed by atoms with Gasteiger partial charge >= 0.3 is 0 Å². The number of imide groups is 1. The Bertz CT molecular complexity index is 1310. The maximum Gasteiger partial charge on any atom is 0.264 e. The van der Waals surface area contributed by atoms with Crippen LogP contribution >= 0.6 is 0 Å². The number of carbonyl (C=O) groups excluding carboxylic acids is 2. The fourth-order valence-corrected chi connectivity index (χ4v) is 5.13. The fourth-order valence-electron chi connectivity index (χ4n) is 5.13. The number of hydrogen-bond donors (Lipinski definition) is 2. The first kappa shape index (κ1) is 23.2. The molecule has 182 valence electrons. The van der Waals surface area contributed by atoms with Gasteiger partial charge in [-0.1, -0.05) is 36.8 Å². The zero-order valence-electron chi connectivity index (χ0n) is 20.0. The number of fused-ring (bicyclic) bond motifs is 1. The number of piperidine rings is 2. The molecule has 0 spiro atoms. The van der Waals surface area contributed by atoms with Crippen LogP contribution in [0.3, 0.4) is 0 Å². The number of rotatable bonds is 6. The Balaban J connectivity index is 1.36. The second-order valence-corrected chi connectivity index (χ2v) is 9.51. The van der Waals surface area contributed by atoms with E-state index in [9.17, 15) is 14.4 Å². The van der Waals surface area contributed by atoms with Gasteiger partial charge in [-0.25, -0.2) is 4.98 Å². The maximum absolute atomic E-state index is 13.6. The smallest absolute Gasteiger partial charge is 0.264 e. The van der Waals surface area contributed by atoms with E-state index in [-0.39, 0.29) is 24.3 Å². The van der Waals surface area contributed by atoms with Gasteiger partial charge in [-0.15, -0.1) is 0 Å². The van der Waals surface area contributed by atoms with Crippen LogP contribution in [0.2, 0.25) is 0 Å². The highest BCUT2D eigenvalue weighted by Gasteiger charge is 2.30. The third-order valence-electron chi connectivity index (χ3n) is 6.99. The third-order valence-corrected chi connectivity index (χ3v) is 6.99. The third kappa shape index (κ3) is 4.98. The van der Waals surface area contributed by atoms with Crippen molar-refractivity contribution >= 4 is 28.4 Å². The minimum atomic E-state index is -0.738. The van der Waals surface area contributed by atoms with E-state index in [1.54, 1.807) is 13.0 Å². The number of nitrogens with one attached hydrogen (secondary N) is 2. The molecule has 2 N–H and O–H groups in total. The lowest BCUT2D eigenvalue weighted by molar-refractivity contribution is -0.135. The zero-order chi connectivity index (χ0) is 24.4. The van der Waals surface area contributed by atoms with Crippen molar-refractivity contribution in [1.82, 2.24) is 19.8 Å². The number of aromatic nitrogens is 2. The highest BCUT2D eigenvalue weighted by Crippen LogP contribution is 2.24. The molecule has 2 aromatic carbocycles. The molecule has 0 aliphatic carbocycles. The van der Waals surface area contributed by atoms with Crippen LogP contribution in [0.25, 0.3) is 10.9 Å². The zero-order valence-corrected chi connectivity index (χ0v) is 20.0. The van der Waals surface area contributed by atoms with Crippen LogP contribution in [0, 0.1) is 6.92 Å². The molecule has 35 heavy (non-hydrogen) atoms. The quantitative estimate of drug-likeness (QED) is 0.534. The molecule has 2 aliphatic rings. The molecule has 3 heterocycles. The number of likely N-dealkylation sites (tertiary alicyclic amines) is 1. The van der Waals surface area contributed by atoms with Gasteiger partial charge in [0.25, 0.3) is 5.56 Å². The van der Waals surface area contributed by atoms with Gasteiger partial charge in [0.05, 0.1) is 10.9 Å². The number of carbonyl (C=O) groups is 2. The van der Waals surface area contributed by atoms with Gasteiger partial charge in [0, 0.05) is 25.2 Å². The van der Waals surface area contributed by atoms with E-state index >= 15 is 0 Å². The number of nitrogens with zero attached hydrogens (tertiary/aromatic N) is 3. The van der Waals surface area contributed by atoms with Gasteiger partial charge in [-0.3, -0.25) is 29.2 Å².